The number of ether oxygens (including phenoxy) is 1. The Morgan fingerprint density at radius 3 is 2.56 bits per heavy atom. The summed E-state index contributed by atoms with van der Waals surface area (Å²) in [6.45, 7) is 1.78. The fourth-order valence-electron chi connectivity index (χ4n) is 4.56. The molecule has 142 valence electrons. The van der Waals surface area contributed by atoms with Crippen molar-refractivity contribution < 1.29 is 22.7 Å². The molecule has 0 saturated carbocycles. The van der Waals surface area contributed by atoms with Gasteiger partial charge >= 0.3 is 5.97 Å². The standard InChI is InChI=1S/C20H21NO5S/c1-3-27(24,25)18-16-11-14-7-5-4-6-13(14)10-15(16)12-21-17(22)8-9-20(18,21)19(23)26-2/h4-7,10-11,18H,3,8-9,12H2,1-2H3/t18-,20+/m0/s1. The number of benzene rings is 2. The van der Waals surface area contributed by atoms with Crippen molar-refractivity contribution in [2.75, 3.05) is 12.9 Å². The van der Waals surface area contributed by atoms with Gasteiger partial charge in [0.05, 0.1) is 7.11 Å². The number of sulfone groups is 1. The second kappa shape index (κ2) is 6.05. The molecule has 1 amide bonds. The zero-order valence-corrected chi connectivity index (χ0v) is 16.1. The van der Waals surface area contributed by atoms with Crippen molar-refractivity contribution in [2.24, 2.45) is 0 Å². The summed E-state index contributed by atoms with van der Waals surface area (Å²) in [6, 6.07) is 11.5. The molecule has 0 N–H and O–H groups in total. The second-order valence-corrected chi connectivity index (χ2v) is 9.50. The molecule has 0 unspecified atom stereocenters. The number of hydrogen-bond acceptors (Lipinski definition) is 5. The van der Waals surface area contributed by atoms with Crippen LogP contribution < -0.4 is 0 Å². The number of rotatable bonds is 3. The van der Waals surface area contributed by atoms with E-state index in [1.54, 1.807) is 6.92 Å². The molecular formula is C20H21NO5S. The first-order valence-corrected chi connectivity index (χ1v) is 10.7. The van der Waals surface area contributed by atoms with E-state index in [2.05, 4.69) is 0 Å². The van der Waals surface area contributed by atoms with E-state index in [1.165, 1.54) is 12.0 Å². The molecule has 2 atom stereocenters. The molecule has 0 radical (unpaired) electrons. The van der Waals surface area contributed by atoms with Gasteiger partial charge in [0.25, 0.3) is 0 Å². The molecule has 6 nitrogen and oxygen atoms in total. The van der Waals surface area contributed by atoms with Crippen LogP contribution in [0.1, 0.15) is 36.1 Å². The summed E-state index contributed by atoms with van der Waals surface area (Å²) in [5.41, 5.74) is -0.117. The van der Waals surface area contributed by atoms with E-state index in [1.807, 2.05) is 36.4 Å². The van der Waals surface area contributed by atoms with Crippen LogP contribution in [-0.4, -0.2) is 43.6 Å². The van der Waals surface area contributed by atoms with Crippen LogP contribution >= 0.6 is 0 Å². The number of methoxy groups -OCH3 is 1. The maximum absolute atomic E-state index is 13.2. The molecule has 1 saturated heterocycles. The summed E-state index contributed by atoms with van der Waals surface area (Å²) in [7, 11) is -2.45. The highest BCUT2D eigenvalue weighted by Gasteiger charge is 2.63. The number of hydrogen-bond donors (Lipinski definition) is 0. The highest BCUT2D eigenvalue weighted by Crippen LogP contribution is 2.51. The van der Waals surface area contributed by atoms with E-state index in [0.29, 0.717) is 5.56 Å². The first kappa shape index (κ1) is 18.0. The van der Waals surface area contributed by atoms with Gasteiger partial charge in [0.2, 0.25) is 5.91 Å². The topological polar surface area (TPSA) is 80.8 Å². The zero-order valence-electron chi connectivity index (χ0n) is 15.3. The van der Waals surface area contributed by atoms with E-state index in [4.69, 9.17) is 4.74 Å². The van der Waals surface area contributed by atoms with Crippen LogP contribution in [-0.2, 0) is 30.7 Å². The average molecular weight is 387 g/mol. The summed E-state index contributed by atoms with van der Waals surface area (Å²) in [4.78, 5) is 26.9. The summed E-state index contributed by atoms with van der Waals surface area (Å²) in [6.07, 6.45) is 0.285. The lowest BCUT2D eigenvalue weighted by Gasteiger charge is -2.46. The molecule has 7 heteroatoms. The van der Waals surface area contributed by atoms with Crippen molar-refractivity contribution in [3.05, 3.63) is 47.5 Å². The van der Waals surface area contributed by atoms with Gasteiger partial charge in [0.15, 0.2) is 15.4 Å². The van der Waals surface area contributed by atoms with Crippen LogP contribution in [0.15, 0.2) is 36.4 Å². The van der Waals surface area contributed by atoms with E-state index in [9.17, 15) is 18.0 Å². The molecule has 2 aliphatic heterocycles. The largest absolute Gasteiger partial charge is 0.467 e. The van der Waals surface area contributed by atoms with Crippen molar-refractivity contribution in [2.45, 2.75) is 37.1 Å². The second-order valence-electron chi connectivity index (χ2n) is 7.13. The summed E-state index contributed by atoms with van der Waals surface area (Å²) < 4.78 is 31.4. The molecule has 0 bridgehead atoms. The molecule has 2 aromatic rings. The number of carbonyl (C=O) groups excluding carboxylic acids is 2. The third kappa shape index (κ3) is 2.41. The zero-order chi connectivity index (χ0) is 19.4. The number of nitrogens with zero attached hydrogens (tertiary/aromatic N) is 1. The Bertz CT molecular complexity index is 1060. The summed E-state index contributed by atoms with van der Waals surface area (Å²) >= 11 is 0. The number of carbonyl (C=O) groups is 2. The molecule has 0 aliphatic carbocycles. The molecule has 2 aromatic carbocycles. The van der Waals surface area contributed by atoms with Gasteiger partial charge in [-0.05, 0) is 40.5 Å². The van der Waals surface area contributed by atoms with Crippen LogP contribution in [0.25, 0.3) is 10.8 Å². The van der Waals surface area contributed by atoms with Crippen molar-refractivity contribution in [1.29, 1.82) is 0 Å². The predicted octanol–water partition coefficient (Wildman–Crippen LogP) is 2.36. The van der Waals surface area contributed by atoms with Crippen LogP contribution in [0.3, 0.4) is 0 Å². The summed E-state index contributed by atoms with van der Waals surface area (Å²) in [5, 5.41) is 0.758. The summed E-state index contributed by atoms with van der Waals surface area (Å²) in [5.74, 6) is -0.991. The minimum atomic E-state index is -3.69. The van der Waals surface area contributed by atoms with Crippen LogP contribution in [0.4, 0.5) is 0 Å². The lowest BCUT2D eigenvalue weighted by atomic mass is 9.81. The third-order valence-electron chi connectivity index (χ3n) is 5.86. The van der Waals surface area contributed by atoms with Gasteiger partial charge in [-0.25, -0.2) is 13.2 Å². The smallest absolute Gasteiger partial charge is 0.333 e. The monoisotopic (exact) mass is 387 g/mol. The number of esters is 1. The Kier molecular flexibility index (Phi) is 4.03. The van der Waals surface area contributed by atoms with Gasteiger partial charge in [-0.3, -0.25) is 4.79 Å². The van der Waals surface area contributed by atoms with E-state index in [0.717, 1.165) is 16.3 Å². The van der Waals surface area contributed by atoms with Gasteiger partial charge < -0.3 is 9.64 Å². The average Bonchev–Trinajstić information content (AvgIpc) is 3.00. The Labute approximate surface area is 158 Å². The highest BCUT2D eigenvalue weighted by atomic mass is 32.2. The fourth-order valence-corrected chi connectivity index (χ4v) is 6.43. The molecule has 0 aromatic heterocycles. The van der Waals surface area contributed by atoms with E-state index in [-0.39, 0.29) is 31.0 Å². The van der Waals surface area contributed by atoms with Crippen LogP contribution in [0.2, 0.25) is 0 Å². The fraction of sp³-hybridized carbons (Fsp3) is 0.400. The SMILES string of the molecule is CCS(=O)(=O)[C@H]1c2cc3ccccc3cc2CN2C(=O)CC[C@]12C(=O)OC. The third-order valence-corrected chi connectivity index (χ3v) is 8.02. The Morgan fingerprint density at radius 1 is 1.26 bits per heavy atom. The first-order chi connectivity index (χ1) is 12.8. The van der Waals surface area contributed by atoms with Crippen molar-refractivity contribution in [1.82, 2.24) is 4.90 Å². The van der Waals surface area contributed by atoms with Crippen LogP contribution in [0.5, 0.6) is 0 Å². The number of fused-ring (bicyclic) bond motifs is 3. The van der Waals surface area contributed by atoms with Gasteiger partial charge in [-0.15, -0.1) is 0 Å². The predicted molar refractivity (Wildman–Crippen MR) is 101 cm³/mol. The minimum Gasteiger partial charge on any atom is -0.467 e. The molecule has 2 aliphatic rings. The molecule has 0 spiro atoms. The Hall–Kier alpha value is -2.41. The molecule has 1 fully saturated rings. The Morgan fingerprint density at radius 2 is 1.93 bits per heavy atom. The Balaban J connectivity index is 2.07. The van der Waals surface area contributed by atoms with Crippen LogP contribution in [0, 0.1) is 0 Å². The van der Waals surface area contributed by atoms with Gasteiger partial charge in [0.1, 0.15) is 5.25 Å². The van der Waals surface area contributed by atoms with E-state index >= 15 is 0 Å². The highest BCUT2D eigenvalue weighted by molar-refractivity contribution is 7.91. The maximum Gasteiger partial charge on any atom is 0.333 e. The molecule has 4 rings (SSSR count). The maximum atomic E-state index is 13.2. The molecule has 27 heavy (non-hydrogen) atoms. The molecule has 2 heterocycles. The normalized spacial score (nSPS) is 24.6. The number of amides is 1. The van der Waals surface area contributed by atoms with Crippen molar-refractivity contribution in [3.8, 4) is 0 Å². The molecular weight excluding hydrogens is 366 g/mol. The first-order valence-electron chi connectivity index (χ1n) is 8.97. The lowest BCUT2D eigenvalue weighted by Crippen LogP contribution is -2.60. The van der Waals surface area contributed by atoms with Gasteiger partial charge in [-0.1, -0.05) is 31.2 Å². The quantitative estimate of drug-likeness (QED) is 0.756. The minimum absolute atomic E-state index is 0.120. The van der Waals surface area contributed by atoms with Crippen molar-refractivity contribution >= 4 is 32.5 Å². The van der Waals surface area contributed by atoms with Gasteiger partial charge in [0, 0.05) is 18.7 Å². The van der Waals surface area contributed by atoms with Crippen molar-refractivity contribution in [3.63, 3.8) is 0 Å². The van der Waals surface area contributed by atoms with E-state index < -0.39 is 26.6 Å². The van der Waals surface area contributed by atoms with Gasteiger partial charge in [-0.2, -0.15) is 0 Å². The lowest BCUT2D eigenvalue weighted by molar-refractivity contribution is -0.159.